The highest BCUT2D eigenvalue weighted by atomic mass is 79.9. The van der Waals surface area contributed by atoms with Crippen LogP contribution in [0, 0.1) is 13.8 Å². The van der Waals surface area contributed by atoms with E-state index in [4.69, 9.17) is 11.6 Å². The predicted octanol–water partition coefficient (Wildman–Crippen LogP) is 7.26. The van der Waals surface area contributed by atoms with Gasteiger partial charge in [0.1, 0.15) is 0 Å². The third-order valence-corrected chi connectivity index (χ3v) is 7.03. The molecule has 174 valence electrons. The van der Waals surface area contributed by atoms with E-state index in [9.17, 15) is 4.79 Å². The summed E-state index contributed by atoms with van der Waals surface area (Å²) in [5, 5.41) is 13.2. The zero-order chi connectivity index (χ0) is 24.2. The molecule has 0 saturated heterocycles. The highest BCUT2D eigenvalue weighted by Gasteiger charge is 2.18. The molecule has 0 atom stereocenters. The summed E-state index contributed by atoms with van der Waals surface area (Å²) < 4.78 is 2.98. The van der Waals surface area contributed by atoms with E-state index in [0.717, 1.165) is 44.5 Å². The lowest BCUT2D eigenvalue weighted by Gasteiger charge is -2.14. The predicted molar refractivity (Wildman–Crippen MR) is 144 cm³/mol. The Kier molecular flexibility index (Phi) is 7.76. The molecular formula is C26H24BrClN4OS. The number of aryl methyl sites for hydroxylation is 3. The summed E-state index contributed by atoms with van der Waals surface area (Å²) in [6.07, 6.45) is 0.829. The number of nitrogens with one attached hydrogen (secondary N) is 1. The van der Waals surface area contributed by atoms with Gasteiger partial charge in [0.25, 0.3) is 0 Å². The van der Waals surface area contributed by atoms with Crippen molar-refractivity contribution >= 4 is 50.9 Å². The number of halogens is 2. The van der Waals surface area contributed by atoms with Gasteiger partial charge in [0.2, 0.25) is 5.91 Å². The summed E-state index contributed by atoms with van der Waals surface area (Å²) >= 11 is 11.0. The normalized spacial score (nSPS) is 11.0. The summed E-state index contributed by atoms with van der Waals surface area (Å²) in [5.41, 5.74) is 5.98. The Balaban J connectivity index is 1.60. The van der Waals surface area contributed by atoms with Crippen molar-refractivity contribution in [2.75, 3.05) is 11.1 Å². The van der Waals surface area contributed by atoms with Crippen LogP contribution < -0.4 is 5.32 Å². The molecular weight excluding hydrogens is 532 g/mol. The number of amides is 1. The van der Waals surface area contributed by atoms with Crippen molar-refractivity contribution in [2.24, 2.45) is 0 Å². The first-order chi connectivity index (χ1) is 16.4. The van der Waals surface area contributed by atoms with Gasteiger partial charge in [-0.3, -0.25) is 9.36 Å². The number of hydrogen-bond acceptors (Lipinski definition) is 4. The van der Waals surface area contributed by atoms with Crippen LogP contribution in [0.2, 0.25) is 5.02 Å². The van der Waals surface area contributed by atoms with E-state index in [1.165, 1.54) is 11.8 Å². The first-order valence-corrected chi connectivity index (χ1v) is 13.0. The zero-order valence-corrected chi connectivity index (χ0v) is 22.3. The number of benzene rings is 3. The maximum atomic E-state index is 12.9. The Labute approximate surface area is 217 Å². The summed E-state index contributed by atoms with van der Waals surface area (Å²) in [4.78, 5) is 12.9. The van der Waals surface area contributed by atoms with Crippen LogP contribution in [0.3, 0.4) is 0 Å². The topological polar surface area (TPSA) is 59.8 Å². The lowest BCUT2D eigenvalue weighted by molar-refractivity contribution is -0.113. The van der Waals surface area contributed by atoms with Crippen LogP contribution in [-0.2, 0) is 11.2 Å². The molecule has 1 N–H and O–H groups in total. The number of aromatic nitrogens is 3. The van der Waals surface area contributed by atoms with E-state index in [1.807, 2.05) is 79.1 Å². The van der Waals surface area contributed by atoms with E-state index < -0.39 is 0 Å². The quantitative estimate of drug-likeness (QED) is 0.244. The third kappa shape index (κ3) is 5.54. The van der Waals surface area contributed by atoms with E-state index >= 15 is 0 Å². The second kappa shape index (κ2) is 10.8. The lowest BCUT2D eigenvalue weighted by Crippen LogP contribution is -2.16. The van der Waals surface area contributed by atoms with Crippen molar-refractivity contribution in [3.8, 4) is 17.1 Å². The highest BCUT2D eigenvalue weighted by molar-refractivity contribution is 9.10. The molecule has 4 rings (SSSR count). The molecule has 34 heavy (non-hydrogen) atoms. The number of thioether (sulfide) groups is 1. The monoisotopic (exact) mass is 554 g/mol. The molecule has 0 aliphatic carbocycles. The summed E-state index contributed by atoms with van der Waals surface area (Å²) in [6, 6.07) is 19.7. The Bertz CT molecular complexity index is 1320. The minimum absolute atomic E-state index is 0.0865. The number of hydrogen-bond donors (Lipinski definition) is 1. The third-order valence-electron chi connectivity index (χ3n) is 5.39. The SMILES string of the molecule is CCc1cc(Br)cc(C)c1NC(=O)CSc1nnc(-c2ccc(Cl)cc2)n1-c1ccc(C)cc1. The fourth-order valence-corrected chi connectivity index (χ4v) is 5.15. The Morgan fingerprint density at radius 2 is 1.76 bits per heavy atom. The average molecular weight is 556 g/mol. The van der Waals surface area contributed by atoms with Crippen molar-refractivity contribution in [3.05, 3.63) is 86.8 Å². The number of rotatable bonds is 7. The van der Waals surface area contributed by atoms with Crippen molar-refractivity contribution in [1.29, 1.82) is 0 Å². The van der Waals surface area contributed by atoms with Crippen molar-refractivity contribution < 1.29 is 4.79 Å². The van der Waals surface area contributed by atoms with Crippen LogP contribution in [0.1, 0.15) is 23.6 Å². The molecule has 0 aliphatic heterocycles. The van der Waals surface area contributed by atoms with Gasteiger partial charge in [0.05, 0.1) is 5.75 Å². The number of nitrogens with zero attached hydrogens (tertiary/aromatic N) is 3. The molecule has 0 bridgehead atoms. The van der Waals surface area contributed by atoms with Crippen LogP contribution in [0.5, 0.6) is 0 Å². The van der Waals surface area contributed by atoms with E-state index in [2.05, 4.69) is 38.4 Å². The number of carbonyl (C=O) groups excluding carboxylic acids is 1. The molecule has 1 aromatic heterocycles. The van der Waals surface area contributed by atoms with Gasteiger partial charge in [0.15, 0.2) is 11.0 Å². The molecule has 0 spiro atoms. The average Bonchev–Trinajstić information content (AvgIpc) is 3.24. The van der Waals surface area contributed by atoms with Gasteiger partial charge >= 0.3 is 0 Å². The second-order valence-electron chi connectivity index (χ2n) is 7.93. The molecule has 3 aromatic carbocycles. The van der Waals surface area contributed by atoms with Crippen molar-refractivity contribution in [3.63, 3.8) is 0 Å². The van der Waals surface area contributed by atoms with Gasteiger partial charge in [-0.1, -0.05) is 63.9 Å². The van der Waals surface area contributed by atoms with Crippen LogP contribution in [0.15, 0.2) is 70.3 Å². The molecule has 4 aromatic rings. The van der Waals surface area contributed by atoms with Crippen LogP contribution in [0.25, 0.3) is 17.1 Å². The zero-order valence-electron chi connectivity index (χ0n) is 19.1. The van der Waals surface area contributed by atoms with Gasteiger partial charge in [-0.2, -0.15) is 0 Å². The molecule has 1 heterocycles. The summed E-state index contributed by atoms with van der Waals surface area (Å²) in [7, 11) is 0. The maximum Gasteiger partial charge on any atom is 0.234 e. The molecule has 1 amide bonds. The number of anilines is 1. The van der Waals surface area contributed by atoms with Gasteiger partial charge < -0.3 is 5.32 Å². The van der Waals surface area contributed by atoms with E-state index in [0.29, 0.717) is 16.0 Å². The number of carbonyl (C=O) groups is 1. The smallest absolute Gasteiger partial charge is 0.234 e. The fourth-order valence-electron chi connectivity index (χ4n) is 3.65. The minimum Gasteiger partial charge on any atom is -0.325 e. The van der Waals surface area contributed by atoms with Gasteiger partial charge in [-0.15, -0.1) is 10.2 Å². The highest BCUT2D eigenvalue weighted by Crippen LogP contribution is 2.30. The fraction of sp³-hybridized carbons (Fsp3) is 0.192. The summed E-state index contributed by atoms with van der Waals surface area (Å²) in [5.74, 6) is 0.820. The van der Waals surface area contributed by atoms with Crippen LogP contribution in [0.4, 0.5) is 5.69 Å². The first kappa shape index (κ1) is 24.5. The van der Waals surface area contributed by atoms with Gasteiger partial charge in [-0.25, -0.2) is 0 Å². The Morgan fingerprint density at radius 3 is 2.44 bits per heavy atom. The Hall–Kier alpha value is -2.61. The molecule has 0 unspecified atom stereocenters. The first-order valence-electron chi connectivity index (χ1n) is 10.9. The van der Waals surface area contributed by atoms with Crippen molar-refractivity contribution in [1.82, 2.24) is 14.8 Å². The molecule has 5 nitrogen and oxygen atoms in total. The summed E-state index contributed by atoms with van der Waals surface area (Å²) in [6.45, 7) is 6.12. The van der Waals surface area contributed by atoms with Crippen LogP contribution >= 0.6 is 39.3 Å². The standard InChI is InChI=1S/C26H24BrClN4OS/c1-4-18-14-20(27)13-17(3)24(18)29-23(33)15-34-26-31-30-25(19-7-9-21(28)10-8-19)32(26)22-11-5-16(2)6-12-22/h5-14H,4,15H2,1-3H3,(H,29,33). The van der Waals surface area contributed by atoms with Crippen molar-refractivity contribution in [2.45, 2.75) is 32.3 Å². The molecule has 0 aliphatic rings. The minimum atomic E-state index is -0.0865. The second-order valence-corrected chi connectivity index (χ2v) is 10.2. The molecule has 0 saturated carbocycles. The largest absolute Gasteiger partial charge is 0.325 e. The molecule has 0 fully saturated rings. The lowest BCUT2D eigenvalue weighted by atomic mass is 10.1. The van der Waals surface area contributed by atoms with E-state index in [-0.39, 0.29) is 11.7 Å². The van der Waals surface area contributed by atoms with Gasteiger partial charge in [-0.05, 0) is 79.9 Å². The van der Waals surface area contributed by atoms with E-state index in [1.54, 1.807) is 0 Å². The molecule has 8 heteroatoms. The van der Waals surface area contributed by atoms with Crippen LogP contribution in [-0.4, -0.2) is 26.4 Å². The maximum absolute atomic E-state index is 12.9. The van der Waals surface area contributed by atoms with Gasteiger partial charge in [0, 0.05) is 26.4 Å². The Morgan fingerprint density at radius 1 is 1.06 bits per heavy atom. The molecule has 0 radical (unpaired) electrons.